The van der Waals surface area contributed by atoms with Crippen LogP contribution < -0.4 is 4.74 Å². The molecule has 0 bridgehead atoms. The molecule has 0 aliphatic carbocycles. The number of benzene rings is 2. The fourth-order valence-electron chi connectivity index (χ4n) is 4.77. The van der Waals surface area contributed by atoms with Crippen LogP contribution in [0.4, 0.5) is 13.2 Å². The Morgan fingerprint density at radius 1 is 1.02 bits per heavy atom. The van der Waals surface area contributed by atoms with Gasteiger partial charge in [-0.2, -0.15) is 13.2 Å². The molecule has 0 unspecified atom stereocenters. The Morgan fingerprint density at radius 3 is 2.30 bits per heavy atom. The number of rotatable bonds is 12. The first-order chi connectivity index (χ1) is 20.3. The number of carbonyl (C=O) groups is 1. The van der Waals surface area contributed by atoms with E-state index in [4.69, 9.17) is 9.47 Å². The van der Waals surface area contributed by atoms with Gasteiger partial charge in [0, 0.05) is 0 Å². The molecule has 13 heteroatoms. The van der Waals surface area contributed by atoms with Crippen molar-refractivity contribution in [2.24, 2.45) is 5.92 Å². The van der Waals surface area contributed by atoms with Gasteiger partial charge < -0.3 is 4.74 Å². The molecule has 9 nitrogen and oxygen atoms in total. The molecule has 4 aromatic rings. The minimum Gasteiger partial charge on any atom is -0.169 e. The van der Waals surface area contributed by atoms with Gasteiger partial charge in [0.05, 0.1) is 6.61 Å². The summed E-state index contributed by atoms with van der Waals surface area (Å²) >= 11 is -2.67. The topological polar surface area (TPSA) is 96.9 Å². The van der Waals surface area contributed by atoms with E-state index >= 15 is 0 Å². The van der Waals surface area contributed by atoms with Crippen LogP contribution in [0.2, 0.25) is 14.8 Å². The van der Waals surface area contributed by atoms with Gasteiger partial charge in [0.1, 0.15) is 6.54 Å². The second-order valence-corrected chi connectivity index (χ2v) is 25.3. The maximum absolute atomic E-state index is 13.5. The minimum absolute atomic E-state index is 0.0734. The molecule has 0 N–H and O–H groups in total. The van der Waals surface area contributed by atoms with Crippen LogP contribution in [0.25, 0.3) is 22.5 Å². The smallest absolute Gasteiger partial charge is 0.169 e. The molecule has 0 radical (unpaired) electrons. The molecule has 2 aromatic heterocycles. The minimum atomic E-state index is -4.52. The molecule has 0 saturated carbocycles. The van der Waals surface area contributed by atoms with Crippen LogP contribution in [0.3, 0.4) is 0 Å². The van der Waals surface area contributed by atoms with Gasteiger partial charge >= 0.3 is 185 Å². The Labute approximate surface area is 253 Å². The van der Waals surface area contributed by atoms with Gasteiger partial charge in [0.15, 0.2) is 6.61 Å². The number of halogens is 3. The van der Waals surface area contributed by atoms with Gasteiger partial charge in [-0.1, -0.05) is 13.8 Å². The van der Waals surface area contributed by atoms with Gasteiger partial charge in [-0.25, -0.2) is 4.79 Å². The summed E-state index contributed by atoms with van der Waals surface area (Å²) in [7, 11) is 0. The number of ether oxygens (including phenoxy) is 2. The average molecular weight is 705 g/mol. The second kappa shape index (κ2) is 13.5. The van der Waals surface area contributed by atoms with Gasteiger partial charge in [-0.05, 0) is 12.8 Å². The predicted molar refractivity (Wildman–Crippen MR) is 159 cm³/mol. The predicted octanol–water partition coefficient (Wildman–Crippen LogP) is 6.18. The molecular weight excluding hydrogens is 668 g/mol. The molecule has 2 heterocycles. The Balaban J connectivity index is 1.70. The van der Waals surface area contributed by atoms with Crippen LogP contribution in [0.15, 0.2) is 48.5 Å². The molecule has 43 heavy (non-hydrogen) atoms. The molecule has 2 aromatic carbocycles. The van der Waals surface area contributed by atoms with Crippen molar-refractivity contribution in [1.29, 1.82) is 0 Å². The first-order valence-electron chi connectivity index (χ1n) is 14.2. The number of tetrazole rings is 1. The van der Waals surface area contributed by atoms with Crippen molar-refractivity contribution in [2.45, 2.75) is 61.2 Å². The summed E-state index contributed by atoms with van der Waals surface area (Å²) in [4.78, 5) is 18.7. The zero-order chi connectivity index (χ0) is 31.4. The Kier molecular flexibility index (Phi) is 10.2. The van der Waals surface area contributed by atoms with Gasteiger partial charge in [0.25, 0.3) is 0 Å². The molecule has 0 atom stereocenters. The summed E-state index contributed by atoms with van der Waals surface area (Å²) < 4.78 is 53.8. The zero-order valence-corrected chi connectivity index (χ0v) is 28.1. The van der Waals surface area contributed by atoms with Crippen LogP contribution in [0.1, 0.15) is 37.6 Å². The molecule has 0 spiro atoms. The van der Waals surface area contributed by atoms with E-state index in [0.29, 0.717) is 17.7 Å². The molecule has 0 saturated heterocycles. The fraction of sp³-hybridized carbons (Fsp3) is 0.433. The molecule has 230 valence electrons. The first kappa shape index (κ1) is 32.5. The molecule has 0 amide bonds. The maximum atomic E-state index is 13.5. The summed E-state index contributed by atoms with van der Waals surface area (Å²) in [6, 6.07) is 15.8. The Morgan fingerprint density at radius 2 is 1.70 bits per heavy atom. The number of carbonyl (C=O) groups excluding carboxylic acids is 1. The van der Waals surface area contributed by atoms with Crippen molar-refractivity contribution < 1.29 is 27.4 Å². The number of hydrogen-bond donors (Lipinski definition) is 0. The average Bonchev–Trinajstić information content (AvgIpc) is 3.53. The SMILES string of the molecule is CCOC(=O)COc1c(Cc2ccc(-c3ccccc3-c3nnn[n]3[Sn]([CH3])([CH3])[CH3])cc2)c(CC(C)C)nn1CC(F)(F)F. The van der Waals surface area contributed by atoms with Gasteiger partial charge in [-0.3, -0.25) is 0 Å². The molecule has 0 aliphatic rings. The fourth-order valence-corrected chi connectivity index (χ4v) is 7.94. The summed E-state index contributed by atoms with van der Waals surface area (Å²) in [5.74, 6) is 0.139. The van der Waals surface area contributed by atoms with E-state index in [1.807, 2.05) is 65.3 Å². The van der Waals surface area contributed by atoms with Crippen molar-refractivity contribution in [3.8, 4) is 28.4 Å². The first-order valence-corrected chi connectivity index (χ1v) is 24.0. The van der Waals surface area contributed by atoms with Crippen LogP contribution in [0, 0.1) is 5.92 Å². The zero-order valence-electron chi connectivity index (χ0n) is 25.3. The summed E-state index contributed by atoms with van der Waals surface area (Å²) in [6.07, 6.45) is -3.79. The van der Waals surface area contributed by atoms with Crippen molar-refractivity contribution in [3.63, 3.8) is 0 Å². The third kappa shape index (κ3) is 8.36. The standard InChI is InChI=1S/C27H28F3N6O3.3CH3.Sn/c1-4-38-24(37)15-39-26-22(23(13-17(2)3)33-36(26)16-27(28,29)30)14-18-9-11-19(12-10-18)20-7-5-6-8-21(20)25-31-34-35-32-25;;;;/h5-12,17H,4,13-16H2,1-3H3;3*1H3;/q-1;;;;+1. The van der Waals surface area contributed by atoms with E-state index in [9.17, 15) is 18.0 Å². The summed E-state index contributed by atoms with van der Waals surface area (Å²) in [5, 5.41) is 16.9. The van der Waals surface area contributed by atoms with Crippen LogP contribution in [-0.2, 0) is 28.9 Å². The van der Waals surface area contributed by atoms with Gasteiger partial charge in [0.2, 0.25) is 0 Å². The Bertz CT molecular complexity index is 1540. The third-order valence-corrected chi connectivity index (χ3v) is 11.1. The normalized spacial score (nSPS) is 12.1. The number of hydrogen-bond acceptors (Lipinski definition) is 7. The van der Waals surface area contributed by atoms with Crippen molar-refractivity contribution in [3.05, 3.63) is 65.4 Å². The van der Waals surface area contributed by atoms with Crippen molar-refractivity contribution in [2.75, 3.05) is 13.2 Å². The summed E-state index contributed by atoms with van der Waals surface area (Å²) in [5.41, 5.74) is 4.73. The van der Waals surface area contributed by atoms with Crippen LogP contribution in [0.5, 0.6) is 5.88 Å². The number of nitrogens with zero attached hydrogens (tertiary/aromatic N) is 6. The van der Waals surface area contributed by atoms with Crippen LogP contribution in [-0.4, -0.2) is 72.2 Å². The quantitative estimate of drug-likeness (QED) is 0.128. The Hall–Kier alpha value is -3.42. The third-order valence-electron chi connectivity index (χ3n) is 6.56. The van der Waals surface area contributed by atoms with Crippen LogP contribution >= 0.6 is 0 Å². The molecule has 0 aliphatic heterocycles. The van der Waals surface area contributed by atoms with E-state index in [-0.39, 0.29) is 24.8 Å². The summed E-state index contributed by atoms with van der Waals surface area (Å²) in [6.45, 7) is 3.88. The molecular formula is C30H37F3N6O3Sn. The molecule has 0 fully saturated rings. The van der Waals surface area contributed by atoms with E-state index in [1.165, 1.54) is 0 Å². The van der Waals surface area contributed by atoms with E-state index in [1.54, 1.807) is 6.92 Å². The van der Waals surface area contributed by atoms with Gasteiger partial charge in [-0.15, -0.1) is 0 Å². The number of esters is 1. The van der Waals surface area contributed by atoms with E-state index in [2.05, 4.69) is 35.4 Å². The van der Waals surface area contributed by atoms with Crippen molar-refractivity contribution >= 4 is 24.6 Å². The number of aromatic nitrogens is 6. The molecule has 4 rings (SSSR count). The van der Waals surface area contributed by atoms with Crippen molar-refractivity contribution in [1.82, 2.24) is 28.2 Å². The van der Waals surface area contributed by atoms with E-state index < -0.39 is 43.9 Å². The monoisotopic (exact) mass is 706 g/mol. The number of alkyl halides is 3. The van der Waals surface area contributed by atoms with E-state index in [0.717, 1.165) is 32.8 Å². The second-order valence-electron chi connectivity index (χ2n) is 11.7.